The van der Waals surface area contributed by atoms with Crippen LogP contribution in [0.25, 0.3) is 5.65 Å². The molecule has 1 aliphatic rings. The molecule has 6 heteroatoms. The Morgan fingerprint density at radius 2 is 2.15 bits per heavy atom. The van der Waals surface area contributed by atoms with Gasteiger partial charge in [-0.25, -0.2) is 14.3 Å². The number of hydrogen-bond acceptors (Lipinski definition) is 5. The molecular formula is C14H18N4O2. The predicted molar refractivity (Wildman–Crippen MR) is 73.5 cm³/mol. The summed E-state index contributed by atoms with van der Waals surface area (Å²) in [5.74, 6) is 0.371. The summed E-state index contributed by atoms with van der Waals surface area (Å²) in [5, 5.41) is 4.44. The first kappa shape index (κ1) is 13.1. The van der Waals surface area contributed by atoms with Crippen LogP contribution in [0.4, 0.5) is 0 Å². The van der Waals surface area contributed by atoms with Gasteiger partial charge in [-0.1, -0.05) is 6.42 Å². The SMILES string of the molecule is COC(=O)c1cccn2nc(CN3CCCCC3)nc12. The predicted octanol–water partition coefficient (Wildman–Crippen LogP) is 1.50. The van der Waals surface area contributed by atoms with E-state index in [9.17, 15) is 4.79 Å². The summed E-state index contributed by atoms with van der Waals surface area (Å²) in [6.45, 7) is 2.93. The molecule has 0 unspecified atom stereocenters. The Bertz CT molecular complexity index is 617. The number of piperidine rings is 1. The van der Waals surface area contributed by atoms with Crippen LogP contribution in [-0.4, -0.2) is 45.7 Å². The molecule has 0 atom stereocenters. The Labute approximate surface area is 117 Å². The lowest BCUT2D eigenvalue weighted by molar-refractivity contribution is 0.0602. The topological polar surface area (TPSA) is 59.7 Å². The standard InChI is InChI=1S/C14H18N4O2/c1-20-14(19)11-6-5-9-18-13(11)15-12(16-18)10-17-7-3-2-4-8-17/h5-6,9H,2-4,7-8,10H2,1H3. The van der Waals surface area contributed by atoms with E-state index in [0.717, 1.165) is 25.5 Å². The summed E-state index contributed by atoms with van der Waals surface area (Å²) in [7, 11) is 1.37. The number of carbonyl (C=O) groups is 1. The number of fused-ring (bicyclic) bond motifs is 1. The summed E-state index contributed by atoms with van der Waals surface area (Å²) < 4.78 is 6.42. The lowest BCUT2D eigenvalue weighted by Gasteiger charge is -2.24. The van der Waals surface area contributed by atoms with Gasteiger partial charge in [0.15, 0.2) is 11.5 Å². The van der Waals surface area contributed by atoms with Gasteiger partial charge in [0.1, 0.15) is 5.56 Å². The number of esters is 1. The highest BCUT2D eigenvalue weighted by Gasteiger charge is 2.17. The molecule has 1 aliphatic heterocycles. The molecule has 3 rings (SSSR count). The molecule has 0 bridgehead atoms. The van der Waals surface area contributed by atoms with Gasteiger partial charge < -0.3 is 4.74 Å². The van der Waals surface area contributed by atoms with E-state index in [1.165, 1.54) is 26.4 Å². The Kier molecular flexibility index (Phi) is 3.64. The van der Waals surface area contributed by atoms with E-state index in [2.05, 4.69) is 15.0 Å². The fraction of sp³-hybridized carbons (Fsp3) is 0.500. The summed E-state index contributed by atoms with van der Waals surface area (Å²) in [6, 6.07) is 3.49. The van der Waals surface area contributed by atoms with Crippen LogP contribution in [0.5, 0.6) is 0 Å². The van der Waals surface area contributed by atoms with Crippen molar-refractivity contribution in [2.24, 2.45) is 0 Å². The maximum atomic E-state index is 11.7. The number of pyridine rings is 1. The van der Waals surface area contributed by atoms with Gasteiger partial charge in [-0.2, -0.15) is 0 Å². The van der Waals surface area contributed by atoms with Crippen molar-refractivity contribution in [2.45, 2.75) is 25.8 Å². The highest BCUT2D eigenvalue weighted by molar-refractivity contribution is 5.95. The molecule has 106 valence electrons. The summed E-state index contributed by atoms with van der Waals surface area (Å²) in [6.07, 6.45) is 5.58. The number of nitrogens with zero attached hydrogens (tertiary/aromatic N) is 4. The maximum absolute atomic E-state index is 11.7. The van der Waals surface area contributed by atoms with Crippen LogP contribution >= 0.6 is 0 Å². The number of likely N-dealkylation sites (tertiary alicyclic amines) is 1. The number of methoxy groups -OCH3 is 1. The second-order valence-electron chi connectivity index (χ2n) is 5.05. The fourth-order valence-corrected chi connectivity index (χ4v) is 2.60. The molecule has 0 saturated carbocycles. The average molecular weight is 274 g/mol. The minimum Gasteiger partial charge on any atom is -0.465 e. The molecule has 20 heavy (non-hydrogen) atoms. The summed E-state index contributed by atoms with van der Waals surface area (Å²) in [4.78, 5) is 18.6. The second kappa shape index (κ2) is 5.58. The first-order valence-electron chi connectivity index (χ1n) is 6.93. The van der Waals surface area contributed by atoms with Crippen molar-refractivity contribution in [1.82, 2.24) is 19.5 Å². The number of ether oxygens (including phenoxy) is 1. The van der Waals surface area contributed by atoms with E-state index in [1.807, 2.05) is 0 Å². The van der Waals surface area contributed by atoms with E-state index >= 15 is 0 Å². The van der Waals surface area contributed by atoms with Crippen LogP contribution in [0, 0.1) is 0 Å². The third kappa shape index (κ3) is 2.51. The van der Waals surface area contributed by atoms with Crippen LogP contribution in [0.1, 0.15) is 35.4 Å². The minimum atomic E-state index is -0.382. The molecule has 0 aliphatic carbocycles. The van der Waals surface area contributed by atoms with Gasteiger partial charge in [0.25, 0.3) is 0 Å². The number of aromatic nitrogens is 3. The third-order valence-corrected chi connectivity index (χ3v) is 3.63. The van der Waals surface area contributed by atoms with E-state index < -0.39 is 0 Å². The highest BCUT2D eigenvalue weighted by atomic mass is 16.5. The average Bonchev–Trinajstić information content (AvgIpc) is 2.89. The Hall–Kier alpha value is -1.95. The van der Waals surface area contributed by atoms with Gasteiger partial charge in [0.2, 0.25) is 0 Å². The van der Waals surface area contributed by atoms with Crippen molar-refractivity contribution in [3.8, 4) is 0 Å². The first-order valence-corrected chi connectivity index (χ1v) is 6.93. The molecule has 0 spiro atoms. The second-order valence-corrected chi connectivity index (χ2v) is 5.05. The molecule has 0 radical (unpaired) electrons. The third-order valence-electron chi connectivity index (χ3n) is 3.63. The van der Waals surface area contributed by atoms with Crippen LogP contribution in [0.3, 0.4) is 0 Å². The zero-order valence-electron chi connectivity index (χ0n) is 11.6. The number of hydrogen-bond donors (Lipinski definition) is 0. The van der Waals surface area contributed by atoms with E-state index in [1.54, 1.807) is 22.8 Å². The molecule has 2 aromatic rings. The Balaban J connectivity index is 1.88. The zero-order valence-corrected chi connectivity index (χ0v) is 11.6. The lowest BCUT2D eigenvalue weighted by Crippen LogP contribution is -2.29. The van der Waals surface area contributed by atoms with Crippen LogP contribution in [-0.2, 0) is 11.3 Å². The van der Waals surface area contributed by atoms with Gasteiger partial charge >= 0.3 is 5.97 Å². The Morgan fingerprint density at radius 3 is 2.90 bits per heavy atom. The van der Waals surface area contributed by atoms with Gasteiger partial charge in [-0.15, -0.1) is 5.10 Å². The molecular weight excluding hydrogens is 256 g/mol. The summed E-state index contributed by atoms with van der Waals surface area (Å²) >= 11 is 0. The lowest BCUT2D eigenvalue weighted by atomic mass is 10.1. The van der Waals surface area contributed by atoms with Crippen molar-refractivity contribution in [1.29, 1.82) is 0 Å². The van der Waals surface area contributed by atoms with Crippen molar-refractivity contribution in [3.63, 3.8) is 0 Å². The van der Waals surface area contributed by atoms with Crippen LogP contribution in [0.2, 0.25) is 0 Å². The van der Waals surface area contributed by atoms with Gasteiger partial charge in [-0.05, 0) is 38.1 Å². The van der Waals surface area contributed by atoms with Crippen molar-refractivity contribution >= 4 is 11.6 Å². The normalized spacial score (nSPS) is 16.4. The first-order chi connectivity index (χ1) is 9.78. The van der Waals surface area contributed by atoms with Crippen molar-refractivity contribution in [3.05, 3.63) is 29.7 Å². The van der Waals surface area contributed by atoms with E-state index in [4.69, 9.17) is 4.74 Å². The highest BCUT2D eigenvalue weighted by Crippen LogP contribution is 2.14. The Morgan fingerprint density at radius 1 is 1.35 bits per heavy atom. The molecule has 1 fully saturated rings. The smallest absolute Gasteiger partial charge is 0.341 e. The molecule has 0 amide bonds. The zero-order chi connectivity index (χ0) is 13.9. The van der Waals surface area contributed by atoms with Gasteiger partial charge in [0.05, 0.1) is 13.7 Å². The molecule has 0 aromatic carbocycles. The van der Waals surface area contributed by atoms with Gasteiger partial charge in [0, 0.05) is 6.20 Å². The van der Waals surface area contributed by atoms with Crippen molar-refractivity contribution in [2.75, 3.05) is 20.2 Å². The molecule has 2 aromatic heterocycles. The largest absolute Gasteiger partial charge is 0.465 e. The quantitative estimate of drug-likeness (QED) is 0.794. The maximum Gasteiger partial charge on any atom is 0.341 e. The monoisotopic (exact) mass is 274 g/mol. The van der Waals surface area contributed by atoms with Crippen LogP contribution < -0.4 is 0 Å². The van der Waals surface area contributed by atoms with E-state index in [0.29, 0.717) is 11.2 Å². The van der Waals surface area contributed by atoms with E-state index in [-0.39, 0.29) is 5.97 Å². The fourth-order valence-electron chi connectivity index (χ4n) is 2.60. The molecule has 1 saturated heterocycles. The van der Waals surface area contributed by atoms with Crippen molar-refractivity contribution < 1.29 is 9.53 Å². The number of rotatable bonds is 3. The minimum absolute atomic E-state index is 0.382. The molecule has 6 nitrogen and oxygen atoms in total. The summed E-state index contributed by atoms with van der Waals surface area (Å²) in [5.41, 5.74) is 1.01. The van der Waals surface area contributed by atoms with Crippen LogP contribution in [0.15, 0.2) is 18.3 Å². The van der Waals surface area contributed by atoms with Gasteiger partial charge in [-0.3, -0.25) is 4.90 Å². The number of carbonyl (C=O) groups excluding carboxylic acids is 1. The molecule has 0 N–H and O–H groups in total. The molecule has 3 heterocycles.